The fourth-order valence-electron chi connectivity index (χ4n) is 2.02. The van der Waals surface area contributed by atoms with Crippen molar-refractivity contribution in [1.29, 1.82) is 0 Å². The molecule has 0 unspecified atom stereocenters. The number of benzene rings is 2. The van der Waals surface area contributed by atoms with Crippen LogP contribution in [-0.2, 0) is 0 Å². The number of aromatic amines is 1. The molecule has 4 rings (SSSR count). The topological polar surface area (TPSA) is 28.7 Å². The summed E-state index contributed by atoms with van der Waals surface area (Å²) in [4.78, 5) is 7.13. The third-order valence-corrected chi connectivity index (χ3v) is 3.01. The molecule has 0 fully saturated rings. The molecule has 35 heavy (non-hydrogen) atoms. The predicted molar refractivity (Wildman–Crippen MR) is 162 cm³/mol. The Labute approximate surface area is 217 Å². The van der Waals surface area contributed by atoms with Crippen LogP contribution >= 0.6 is 0 Å². The van der Waals surface area contributed by atoms with Gasteiger partial charge in [-0.15, -0.1) is 0 Å². The maximum atomic E-state index is 4.01. The molecule has 0 aliphatic heterocycles. The van der Waals surface area contributed by atoms with E-state index in [0.29, 0.717) is 0 Å². The number of para-hydroxylation sites is 1. The third kappa shape index (κ3) is 25.8. The predicted octanol–water partition coefficient (Wildman–Crippen LogP) is 11.1. The van der Waals surface area contributed by atoms with Crippen molar-refractivity contribution in [2.45, 2.75) is 83.1 Å². The highest BCUT2D eigenvalue weighted by molar-refractivity contribution is 5.81. The molecule has 1 N–H and O–H groups in total. The van der Waals surface area contributed by atoms with Crippen molar-refractivity contribution in [2.75, 3.05) is 0 Å². The van der Waals surface area contributed by atoms with Crippen molar-refractivity contribution in [1.82, 2.24) is 9.97 Å². The molecule has 0 aliphatic rings. The van der Waals surface area contributed by atoms with Crippen LogP contribution in [0.25, 0.3) is 21.7 Å². The minimum atomic E-state index is 0.833. The normalized spacial score (nSPS) is 9.60. The van der Waals surface area contributed by atoms with Crippen LogP contribution in [0.2, 0.25) is 0 Å². The fraction of sp³-hybridized carbons (Fsp3) is 0.485. The standard InChI is InChI=1S/C9H7N.C8H7N.4C4H10/c1-2-4-9-7-10-6-5-8(9)3-1;1-2-4-8-7(3-1)5-6-9-8;4*1-4(2)3/h1-7H;1-6,9H;4*4H,1-3H3. The van der Waals surface area contributed by atoms with Crippen LogP contribution in [-0.4, -0.2) is 9.97 Å². The van der Waals surface area contributed by atoms with Crippen molar-refractivity contribution in [3.05, 3.63) is 79.3 Å². The monoisotopic (exact) mass is 478 g/mol. The number of pyridine rings is 1. The lowest BCUT2D eigenvalue weighted by Crippen LogP contribution is -1.71. The summed E-state index contributed by atoms with van der Waals surface area (Å²) in [6, 6.07) is 20.5. The van der Waals surface area contributed by atoms with Crippen molar-refractivity contribution in [3.63, 3.8) is 0 Å². The number of aromatic nitrogens is 2. The van der Waals surface area contributed by atoms with E-state index in [9.17, 15) is 0 Å². The SMILES string of the molecule is CC(C)C.CC(C)C.CC(C)C.CC(C)C.c1ccc2[nH]ccc2c1.c1ccc2cnccc2c1. The van der Waals surface area contributed by atoms with Crippen LogP contribution in [0.3, 0.4) is 0 Å². The van der Waals surface area contributed by atoms with E-state index < -0.39 is 0 Å². The summed E-state index contributed by atoms with van der Waals surface area (Å²) in [5.74, 6) is 3.33. The van der Waals surface area contributed by atoms with Gasteiger partial charge in [0.15, 0.2) is 0 Å². The van der Waals surface area contributed by atoms with Gasteiger partial charge in [0.05, 0.1) is 0 Å². The molecule has 4 aromatic rings. The van der Waals surface area contributed by atoms with Gasteiger partial charge in [0.2, 0.25) is 0 Å². The Hall–Kier alpha value is -2.61. The molecular formula is C33H54N2. The molecule has 0 spiro atoms. The van der Waals surface area contributed by atoms with Crippen molar-refractivity contribution in [3.8, 4) is 0 Å². The number of hydrogen-bond donors (Lipinski definition) is 1. The van der Waals surface area contributed by atoms with Crippen LogP contribution in [0.1, 0.15) is 83.1 Å². The van der Waals surface area contributed by atoms with Crippen LogP contribution < -0.4 is 0 Å². The Morgan fingerprint density at radius 3 is 1.31 bits per heavy atom. The third-order valence-electron chi connectivity index (χ3n) is 3.01. The second-order valence-corrected chi connectivity index (χ2v) is 11.2. The van der Waals surface area contributed by atoms with Crippen LogP contribution in [0, 0.1) is 23.7 Å². The van der Waals surface area contributed by atoms with Gasteiger partial charge in [-0.1, -0.05) is 126 Å². The quantitative estimate of drug-likeness (QED) is 0.267. The van der Waals surface area contributed by atoms with E-state index in [4.69, 9.17) is 0 Å². The highest BCUT2D eigenvalue weighted by Gasteiger charge is 1.87. The van der Waals surface area contributed by atoms with Crippen LogP contribution in [0.15, 0.2) is 79.3 Å². The first-order chi connectivity index (χ1) is 16.4. The zero-order valence-corrected chi connectivity index (χ0v) is 24.8. The first-order valence-corrected chi connectivity index (χ1v) is 13.2. The highest BCUT2D eigenvalue weighted by Crippen LogP contribution is 2.10. The number of rotatable bonds is 0. The van der Waals surface area contributed by atoms with E-state index in [0.717, 1.165) is 23.7 Å². The number of H-pyrrole nitrogens is 1. The van der Waals surface area contributed by atoms with E-state index in [1.165, 1.54) is 21.7 Å². The van der Waals surface area contributed by atoms with Gasteiger partial charge in [0.25, 0.3) is 0 Å². The second kappa shape index (κ2) is 21.9. The molecule has 0 aliphatic carbocycles. The molecule has 0 radical (unpaired) electrons. The van der Waals surface area contributed by atoms with E-state index >= 15 is 0 Å². The molecule has 0 saturated carbocycles. The summed E-state index contributed by atoms with van der Waals surface area (Å²) in [6.45, 7) is 26.0. The highest BCUT2D eigenvalue weighted by atomic mass is 14.7. The molecule has 196 valence electrons. The Morgan fingerprint density at radius 1 is 0.486 bits per heavy atom. The Balaban J connectivity index is 0. The average Bonchev–Trinajstić information content (AvgIpc) is 3.22. The lowest BCUT2D eigenvalue weighted by Gasteiger charge is -1.91. The largest absolute Gasteiger partial charge is 0.361 e. The fourth-order valence-corrected chi connectivity index (χ4v) is 2.02. The zero-order chi connectivity index (χ0) is 27.2. The summed E-state index contributed by atoms with van der Waals surface area (Å²) in [5.41, 5.74) is 1.21. The second-order valence-electron chi connectivity index (χ2n) is 11.2. The lowest BCUT2D eigenvalue weighted by molar-refractivity contribution is 0.736. The molecule has 0 saturated heterocycles. The summed E-state index contributed by atoms with van der Waals surface area (Å²) in [6.07, 6.45) is 5.63. The molecular weight excluding hydrogens is 424 g/mol. The van der Waals surface area contributed by atoms with E-state index in [1.54, 1.807) is 0 Å². The van der Waals surface area contributed by atoms with Gasteiger partial charge >= 0.3 is 0 Å². The Kier molecular flexibility index (Phi) is 21.6. The van der Waals surface area contributed by atoms with E-state index in [2.05, 4.69) is 123 Å². The van der Waals surface area contributed by atoms with Crippen LogP contribution in [0.5, 0.6) is 0 Å². The van der Waals surface area contributed by atoms with Gasteiger partial charge in [-0.05, 0) is 58.0 Å². The first-order valence-electron chi connectivity index (χ1n) is 13.2. The van der Waals surface area contributed by atoms with Crippen molar-refractivity contribution >= 4 is 21.7 Å². The smallest absolute Gasteiger partial charge is 0.0453 e. The minimum Gasteiger partial charge on any atom is -0.361 e. The maximum Gasteiger partial charge on any atom is 0.0453 e. The number of hydrogen-bond acceptors (Lipinski definition) is 1. The average molecular weight is 479 g/mol. The molecule has 2 aromatic carbocycles. The van der Waals surface area contributed by atoms with Gasteiger partial charge in [-0.25, -0.2) is 0 Å². The lowest BCUT2D eigenvalue weighted by atomic mass is 10.2. The first kappa shape index (κ1) is 34.6. The van der Waals surface area contributed by atoms with Crippen molar-refractivity contribution in [2.24, 2.45) is 23.7 Å². The maximum absolute atomic E-state index is 4.01. The molecule has 2 heteroatoms. The van der Waals surface area contributed by atoms with E-state index in [-0.39, 0.29) is 0 Å². The van der Waals surface area contributed by atoms with Crippen LogP contribution in [0.4, 0.5) is 0 Å². The summed E-state index contributed by atoms with van der Waals surface area (Å²) in [7, 11) is 0. The molecule has 2 heterocycles. The van der Waals surface area contributed by atoms with Gasteiger partial charge in [0.1, 0.15) is 0 Å². The molecule has 2 aromatic heterocycles. The molecule has 2 nitrogen and oxygen atoms in total. The summed E-state index contributed by atoms with van der Waals surface area (Å²) in [5, 5.41) is 3.72. The number of nitrogens with one attached hydrogen (secondary N) is 1. The summed E-state index contributed by atoms with van der Waals surface area (Å²) >= 11 is 0. The van der Waals surface area contributed by atoms with Gasteiger partial charge in [-0.2, -0.15) is 0 Å². The number of nitrogens with zero attached hydrogens (tertiary/aromatic N) is 1. The molecule has 0 amide bonds. The minimum absolute atomic E-state index is 0.833. The Morgan fingerprint density at radius 2 is 0.886 bits per heavy atom. The summed E-state index contributed by atoms with van der Waals surface area (Å²) < 4.78 is 0. The van der Waals surface area contributed by atoms with Gasteiger partial charge in [-0.3, -0.25) is 4.98 Å². The van der Waals surface area contributed by atoms with Gasteiger partial charge in [0, 0.05) is 24.1 Å². The van der Waals surface area contributed by atoms with Gasteiger partial charge < -0.3 is 4.98 Å². The van der Waals surface area contributed by atoms with Crippen molar-refractivity contribution < 1.29 is 0 Å². The van der Waals surface area contributed by atoms with E-state index in [1.807, 2.05) is 48.9 Å². The molecule has 0 bridgehead atoms. The zero-order valence-electron chi connectivity index (χ0n) is 24.8. The molecule has 0 atom stereocenters. The number of fused-ring (bicyclic) bond motifs is 2. The Bertz CT molecular complexity index is 834.